The lowest BCUT2D eigenvalue weighted by Crippen LogP contribution is -2.19. The quantitative estimate of drug-likeness (QED) is 0.835. The zero-order chi connectivity index (χ0) is 13.4. The minimum Gasteiger partial charge on any atom is -0.497 e. The van der Waals surface area contributed by atoms with Crippen LogP contribution in [-0.4, -0.2) is 19.3 Å². The molecule has 1 rings (SSSR count). The fourth-order valence-electron chi connectivity index (χ4n) is 1.26. The standard InChI is InChI=1S/C14H17NO3/c1-4-5-6-11(2)18-14(16)15-12-7-9-13(17-3)10-8-12/h7-11H,4H2,1-3H3,(H,15,16). The number of carbonyl (C=O) groups is 1. The largest absolute Gasteiger partial charge is 0.497 e. The molecule has 0 aliphatic heterocycles. The maximum absolute atomic E-state index is 11.5. The Balaban J connectivity index is 2.48. The number of hydrogen-bond acceptors (Lipinski definition) is 3. The molecule has 1 atom stereocenters. The molecule has 4 heteroatoms. The van der Waals surface area contributed by atoms with Crippen LogP contribution in [0.25, 0.3) is 0 Å². The van der Waals surface area contributed by atoms with Crippen molar-refractivity contribution in [2.45, 2.75) is 26.4 Å². The molecule has 1 amide bonds. The van der Waals surface area contributed by atoms with Crippen molar-refractivity contribution in [1.29, 1.82) is 0 Å². The molecule has 96 valence electrons. The highest BCUT2D eigenvalue weighted by atomic mass is 16.6. The Morgan fingerprint density at radius 3 is 2.61 bits per heavy atom. The van der Waals surface area contributed by atoms with E-state index in [-0.39, 0.29) is 0 Å². The molecular formula is C14H17NO3. The number of rotatable bonds is 3. The highest BCUT2D eigenvalue weighted by Crippen LogP contribution is 2.15. The van der Waals surface area contributed by atoms with Crippen LogP contribution in [0.2, 0.25) is 0 Å². The number of hydrogen-bond donors (Lipinski definition) is 1. The summed E-state index contributed by atoms with van der Waals surface area (Å²) in [4.78, 5) is 11.5. The number of anilines is 1. The molecule has 1 unspecified atom stereocenters. The van der Waals surface area contributed by atoms with Gasteiger partial charge in [-0.1, -0.05) is 18.8 Å². The van der Waals surface area contributed by atoms with Gasteiger partial charge in [0.1, 0.15) is 5.75 Å². The first-order valence-electron chi connectivity index (χ1n) is 5.75. The molecule has 0 fully saturated rings. The Morgan fingerprint density at radius 2 is 2.06 bits per heavy atom. The summed E-state index contributed by atoms with van der Waals surface area (Å²) in [5.74, 6) is 6.41. The van der Waals surface area contributed by atoms with Gasteiger partial charge in [0.05, 0.1) is 7.11 Å². The van der Waals surface area contributed by atoms with Gasteiger partial charge in [0.15, 0.2) is 6.10 Å². The van der Waals surface area contributed by atoms with Gasteiger partial charge >= 0.3 is 6.09 Å². The molecule has 0 aliphatic carbocycles. The first kappa shape index (κ1) is 13.9. The Labute approximate surface area is 107 Å². The Hall–Kier alpha value is -2.15. The van der Waals surface area contributed by atoms with E-state index in [9.17, 15) is 4.79 Å². The first-order valence-corrected chi connectivity index (χ1v) is 5.75. The molecule has 0 bridgehead atoms. The monoisotopic (exact) mass is 247 g/mol. The zero-order valence-corrected chi connectivity index (χ0v) is 10.8. The lowest BCUT2D eigenvalue weighted by Gasteiger charge is -2.09. The maximum Gasteiger partial charge on any atom is 0.412 e. The van der Waals surface area contributed by atoms with Crippen molar-refractivity contribution in [3.05, 3.63) is 24.3 Å². The second kappa shape index (κ2) is 7.23. The first-order chi connectivity index (χ1) is 8.65. The molecule has 0 saturated carbocycles. The van der Waals surface area contributed by atoms with Gasteiger partial charge in [0.25, 0.3) is 0 Å². The third-order valence-corrected chi connectivity index (χ3v) is 2.10. The number of carbonyl (C=O) groups excluding carboxylic acids is 1. The number of nitrogens with one attached hydrogen (secondary N) is 1. The fourth-order valence-corrected chi connectivity index (χ4v) is 1.26. The number of ether oxygens (including phenoxy) is 2. The summed E-state index contributed by atoms with van der Waals surface area (Å²) in [6.07, 6.45) is -0.186. The van der Waals surface area contributed by atoms with Gasteiger partial charge in [-0.25, -0.2) is 4.79 Å². The highest BCUT2D eigenvalue weighted by Gasteiger charge is 2.06. The summed E-state index contributed by atoms with van der Waals surface area (Å²) in [6.45, 7) is 3.67. The van der Waals surface area contributed by atoms with Gasteiger partial charge in [-0.2, -0.15) is 0 Å². The number of methoxy groups -OCH3 is 1. The van der Waals surface area contributed by atoms with Gasteiger partial charge < -0.3 is 9.47 Å². The summed E-state index contributed by atoms with van der Waals surface area (Å²) in [6, 6.07) is 7.00. The van der Waals surface area contributed by atoms with Gasteiger partial charge in [-0.05, 0) is 31.2 Å². The summed E-state index contributed by atoms with van der Waals surface area (Å²) in [5.41, 5.74) is 0.649. The topological polar surface area (TPSA) is 47.6 Å². The summed E-state index contributed by atoms with van der Waals surface area (Å²) in [5, 5.41) is 2.62. The van der Waals surface area contributed by atoms with Crippen LogP contribution in [0.4, 0.5) is 10.5 Å². The van der Waals surface area contributed by atoms with Crippen LogP contribution >= 0.6 is 0 Å². The predicted molar refractivity (Wildman–Crippen MR) is 70.6 cm³/mol. The third kappa shape index (κ3) is 4.79. The molecule has 1 N–H and O–H groups in total. The SMILES string of the molecule is CCC#CC(C)OC(=O)Nc1ccc(OC)cc1. The molecule has 1 aromatic rings. The molecule has 1 aromatic carbocycles. The predicted octanol–water partition coefficient (Wildman–Crippen LogP) is 3.05. The minimum absolute atomic E-state index is 0.414. The molecule has 0 heterocycles. The summed E-state index contributed by atoms with van der Waals surface area (Å²) in [7, 11) is 1.59. The normalized spacial score (nSPS) is 10.8. The average molecular weight is 247 g/mol. The smallest absolute Gasteiger partial charge is 0.412 e. The van der Waals surface area contributed by atoms with Crippen molar-refractivity contribution in [2.24, 2.45) is 0 Å². The molecular weight excluding hydrogens is 230 g/mol. The second-order valence-electron chi connectivity index (χ2n) is 3.58. The summed E-state index contributed by atoms with van der Waals surface area (Å²) < 4.78 is 10.1. The van der Waals surface area contributed by atoms with Crippen LogP contribution in [0.3, 0.4) is 0 Å². The van der Waals surface area contributed by atoms with Crippen LogP contribution in [-0.2, 0) is 4.74 Å². The van der Waals surface area contributed by atoms with Crippen molar-refractivity contribution in [3.8, 4) is 17.6 Å². The van der Waals surface area contributed by atoms with Crippen molar-refractivity contribution in [2.75, 3.05) is 12.4 Å². The van der Waals surface area contributed by atoms with Gasteiger partial charge in [0.2, 0.25) is 0 Å². The van der Waals surface area contributed by atoms with Gasteiger partial charge in [-0.15, -0.1) is 0 Å². The van der Waals surface area contributed by atoms with Crippen LogP contribution in [0.15, 0.2) is 24.3 Å². The van der Waals surface area contributed by atoms with Crippen LogP contribution < -0.4 is 10.1 Å². The molecule has 0 spiro atoms. The van der Waals surface area contributed by atoms with Crippen molar-refractivity contribution >= 4 is 11.8 Å². The average Bonchev–Trinajstić information content (AvgIpc) is 2.37. The van der Waals surface area contributed by atoms with E-state index in [1.54, 1.807) is 38.3 Å². The van der Waals surface area contributed by atoms with E-state index in [2.05, 4.69) is 17.2 Å². The van der Waals surface area contributed by atoms with Crippen molar-refractivity contribution < 1.29 is 14.3 Å². The molecule has 18 heavy (non-hydrogen) atoms. The molecule has 0 aliphatic rings. The Morgan fingerprint density at radius 1 is 1.39 bits per heavy atom. The van der Waals surface area contributed by atoms with E-state index >= 15 is 0 Å². The highest BCUT2D eigenvalue weighted by molar-refractivity contribution is 5.84. The molecule has 0 saturated heterocycles. The number of benzene rings is 1. The maximum atomic E-state index is 11.5. The lowest BCUT2D eigenvalue weighted by molar-refractivity contribution is 0.145. The zero-order valence-electron chi connectivity index (χ0n) is 10.8. The molecule has 0 aromatic heterocycles. The van der Waals surface area contributed by atoms with Crippen molar-refractivity contribution in [1.82, 2.24) is 0 Å². The van der Waals surface area contributed by atoms with E-state index in [0.717, 1.165) is 12.2 Å². The second-order valence-corrected chi connectivity index (χ2v) is 3.58. The van der Waals surface area contributed by atoms with E-state index < -0.39 is 12.2 Å². The van der Waals surface area contributed by atoms with Crippen LogP contribution in [0, 0.1) is 11.8 Å². The number of amides is 1. The van der Waals surface area contributed by atoms with Crippen molar-refractivity contribution in [3.63, 3.8) is 0 Å². The van der Waals surface area contributed by atoms with Crippen LogP contribution in [0.5, 0.6) is 5.75 Å². The third-order valence-electron chi connectivity index (χ3n) is 2.10. The van der Waals surface area contributed by atoms with E-state index in [4.69, 9.17) is 9.47 Å². The Kier molecular flexibility index (Phi) is 5.59. The van der Waals surface area contributed by atoms with E-state index in [1.165, 1.54) is 0 Å². The van der Waals surface area contributed by atoms with Gasteiger partial charge in [-0.3, -0.25) is 5.32 Å². The molecule has 4 nitrogen and oxygen atoms in total. The fraction of sp³-hybridized carbons (Fsp3) is 0.357. The lowest BCUT2D eigenvalue weighted by atomic mass is 10.3. The van der Waals surface area contributed by atoms with Crippen LogP contribution in [0.1, 0.15) is 20.3 Å². The van der Waals surface area contributed by atoms with E-state index in [0.29, 0.717) is 5.69 Å². The Bertz CT molecular complexity index is 442. The minimum atomic E-state index is -0.516. The molecule has 0 radical (unpaired) electrons. The van der Waals surface area contributed by atoms with Gasteiger partial charge in [0, 0.05) is 12.1 Å². The summed E-state index contributed by atoms with van der Waals surface area (Å²) >= 11 is 0. The van der Waals surface area contributed by atoms with E-state index in [1.807, 2.05) is 6.92 Å².